The summed E-state index contributed by atoms with van der Waals surface area (Å²) in [5, 5.41) is 3.43. The molecule has 0 radical (unpaired) electrons. The molecule has 2 heteroatoms. The molecule has 0 heterocycles. The zero-order valence-corrected chi connectivity index (χ0v) is 12.9. The Balaban J connectivity index is 2.20. The average Bonchev–Trinajstić information content (AvgIpc) is 2.33. The lowest BCUT2D eigenvalue weighted by Crippen LogP contribution is -2.46. The van der Waals surface area contributed by atoms with E-state index in [1.807, 2.05) is 0 Å². The van der Waals surface area contributed by atoms with Crippen molar-refractivity contribution in [1.82, 2.24) is 5.32 Å². The van der Waals surface area contributed by atoms with Gasteiger partial charge in [-0.1, -0.05) is 46.5 Å². The number of rotatable bonds is 8. The van der Waals surface area contributed by atoms with Crippen LogP contribution in [0.2, 0.25) is 0 Å². The molecule has 18 heavy (non-hydrogen) atoms. The monoisotopic (exact) mass is 255 g/mol. The van der Waals surface area contributed by atoms with Gasteiger partial charge in [-0.2, -0.15) is 0 Å². The van der Waals surface area contributed by atoms with Crippen LogP contribution in [0.3, 0.4) is 0 Å². The molecular weight excluding hydrogens is 222 g/mol. The molecule has 0 saturated heterocycles. The Hall–Kier alpha value is -0.0800. The van der Waals surface area contributed by atoms with Gasteiger partial charge in [0.2, 0.25) is 0 Å². The molecule has 0 aromatic heterocycles. The van der Waals surface area contributed by atoms with E-state index in [9.17, 15) is 0 Å². The summed E-state index contributed by atoms with van der Waals surface area (Å²) in [6, 6.07) is 0.564. The zero-order chi connectivity index (χ0) is 13.4. The van der Waals surface area contributed by atoms with Crippen molar-refractivity contribution in [2.24, 2.45) is 5.41 Å². The van der Waals surface area contributed by atoms with E-state index in [-0.39, 0.29) is 0 Å². The highest BCUT2D eigenvalue weighted by molar-refractivity contribution is 4.89. The Morgan fingerprint density at radius 1 is 1.17 bits per heavy atom. The van der Waals surface area contributed by atoms with Crippen molar-refractivity contribution in [3.8, 4) is 0 Å². The Kier molecular flexibility index (Phi) is 7.25. The van der Waals surface area contributed by atoms with E-state index in [0.717, 1.165) is 6.61 Å². The van der Waals surface area contributed by atoms with E-state index in [1.165, 1.54) is 51.4 Å². The number of nitrogens with one attached hydrogen (secondary N) is 1. The number of ether oxygens (including phenoxy) is 1. The third kappa shape index (κ3) is 5.71. The van der Waals surface area contributed by atoms with Crippen molar-refractivity contribution in [1.29, 1.82) is 0 Å². The molecule has 1 rings (SSSR count). The highest BCUT2D eigenvalue weighted by atomic mass is 16.5. The lowest BCUT2D eigenvalue weighted by molar-refractivity contribution is -0.0277. The normalized spacial score (nSPS) is 27.3. The van der Waals surface area contributed by atoms with Crippen molar-refractivity contribution in [2.75, 3.05) is 13.7 Å². The van der Waals surface area contributed by atoms with Gasteiger partial charge in [0.25, 0.3) is 0 Å². The van der Waals surface area contributed by atoms with Gasteiger partial charge >= 0.3 is 0 Å². The number of hydrogen-bond donors (Lipinski definition) is 1. The van der Waals surface area contributed by atoms with Crippen LogP contribution in [-0.2, 0) is 4.74 Å². The second kappa shape index (κ2) is 8.16. The molecule has 0 amide bonds. The minimum absolute atomic E-state index is 0.421. The van der Waals surface area contributed by atoms with Gasteiger partial charge in [-0.25, -0.2) is 0 Å². The van der Waals surface area contributed by atoms with Gasteiger partial charge in [0.05, 0.1) is 6.10 Å². The lowest BCUT2D eigenvalue weighted by Gasteiger charge is -2.40. The second-order valence-electron chi connectivity index (χ2n) is 6.63. The Bertz CT molecular complexity index is 215. The maximum Gasteiger partial charge on any atom is 0.0733 e. The predicted octanol–water partition coefficient (Wildman–Crippen LogP) is 4.14. The van der Waals surface area contributed by atoms with Crippen LogP contribution in [0.25, 0.3) is 0 Å². The third-order valence-corrected chi connectivity index (χ3v) is 4.29. The first-order valence-electron chi connectivity index (χ1n) is 7.88. The van der Waals surface area contributed by atoms with E-state index in [4.69, 9.17) is 4.74 Å². The fraction of sp³-hybridized carbons (Fsp3) is 1.00. The summed E-state index contributed by atoms with van der Waals surface area (Å²) in [5.41, 5.74) is 0.459. The van der Waals surface area contributed by atoms with Gasteiger partial charge in [-0.3, -0.25) is 0 Å². The third-order valence-electron chi connectivity index (χ3n) is 4.29. The van der Waals surface area contributed by atoms with Crippen molar-refractivity contribution in [3.63, 3.8) is 0 Å². The van der Waals surface area contributed by atoms with Gasteiger partial charge in [-0.05, 0) is 38.1 Å². The molecule has 0 aromatic carbocycles. The Morgan fingerprint density at radius 2 is 1.89 bits per heavy atom. The number of hydrogen-bond acceptors (Lipinski definition) is 2. The van der Waals surface area contributed by atoms with Crippen LogP contribution >= 0.6 is 0 Å². The summed E-state index contributed by atoms with van der Waals surface area (Å²) in [5.74, 6) is 0. The molecule has 1 saturated carbocycles. The SMILES string of the molecule is CCCCCCCOC1CC(C)(C)CCC1NC. The quantitative estimate of drug-likeness (QED) is 0.658. The largest absolute Gasteiger partial charge is 0.377 e. The van der Waals surface area contributed by atoms with E-state index in [0.29, 0.717) is 17.6 Å². The summed E-state index contributed by atoms with van der Waals surface area (Å²) < 4.78 is 6.14. The maximum absolute atomic E-state index is 6.14. The number of likely N-dealkylation sites (N-methyl/N-ethyl adjacent to an activating group) is 1. The van der Waals surface area contributed by atoms with E-state index < -0.39 is 0 Å². The summed E-state index contributed by atoms with van der Waals surface area (Å²) in [6.45, 7) is 7.95. The van der Waals surface area contributed by atoms with Gasteiger partial charge in [0.15, 0.2) is 0 Å². The first-order valence-corrected chi connectivity index (χ1v) is 7.88. The Labute approximate surface area is 114 Å². The van der Waals surface area contributed by atoms with E-state index >= 15 is 0 Å². The van der Waals surface area contributed by atoms with Crippen molar-refractivity contribution in [3.05, 3.63) is 0 Å². The van der Waals surface area contributed by atoms with Crippen LogP contribution in [0.15, 0.2) is 0 Å². The maximum atomic E-state index is 6.14. The standard InChI is InChI=1S/C16H33NO/c1-5-6-7-8-9-12-18-15-13-16(2,3)11-10-14(15)17-4/h14-15,17H,5-13H2,1-4H3. The van der Waals surface area contributed by atoms with Crippen molar-refractivity contribution < 1.29 is 4.74 Å². The summed E-state index contributed by atoms with van der Waals surface area (Å²) in [4.78, 5) is 0. The van der Waals surface area contributed by atoms with Gasteiger partial charge in [0, 0.05) is 12.6 Å². The van der Waals surface area contributed by atoms with Crippen LogP contribution in [-0.4, -0.2) is 25.8 Å². The van der Waals surface area contributed by atoms with Crippen LogP contribution in [0.4, 0.5) is 0 Å². The first-order chi connectivity index (χ1) is 8.59. The smallest absolute Gasteiger partial charge is 0.0733 e. The predicted molar refractivity (Wildman–Crippen MR) is 79.0 cm³/mol. The fourth-order valence-electron chi connectivity index (χ4n) is 2.97. The van der Waals surface area contributed by atoms with Crippen LogP contribution in [0.1, 0.15) is 72.1 Å². The highest BCUT2D eigenvalue weighted by Crippen LogP contribution is 2.36. The van der Waals surface area contributed by atoms with Crippen molar-refractivity contribution >= 4 is 0 Å². The molecule has 0 aliphatic heterocycles. The minimum Gasteiger partial charge on any atom is -0.377 e. The molecule has 0 spiro atoms. The first kappa shape index (κ1) is 16.0. The second-order valence-corrected chi connectivity index (χ2v) is 6.63. The molecule has 2 nitrogen and oxygen atoms in total. The summed E-state index contributed by atoms with van der Waals surface area (Å²) in [7, 11) is 2.07. The van der Waals surface area contributed by atoms with E-state index in [2.05, 4.69) is 33.1 Å². The van der Waals surface area contributed by atoms with Crippen molar-refractivity contribution in [2.45, 2.75) is 84.3 Å². The summed E-state index contributed by atoms with van der Waals surface area (Å²) in [6.07, 6.45) is 10.8. The molecule has 0 aromatic rings. The lowest BCUT2D eigenvalue weighted by atomic mass is 9.74. The molecule has 1 aliphatic carbocycles. The summed E-state index contributed by atoms with van der Waals surface area (Å²) >= 11 is 0. The Morgan fingerprint density at radius 3 is 2.56 bits per heavy atom. The molecule has 108 valence electrons. The zero-order valence-electron chi connectivity index (χ0n) is 12.9. The molecule has 1 aliphatic rings. The molecule has 1 N–H and O–H groups in total. The van der Waals surface area contributed by atoms with E-state index in [1.54, 1.807) is 0 Å². The average molecular weight is 255 g/mol. The minimum atomic E-state index is 0.421. The highest BCUT2D eigenvalue weighted by Gasteiger charge is 2.34. The molecule has 0 bridgehead atoms. The van der Waals surface area contributed by atoms with Gasteiger partial charge in [-0.15, -0.1) is 0 Å². The molecule has 2 unspecified atom stereocenters. The van der Waals surface area contributed by atoms with Crippen LogP contribution in [0, 0.1) is 5.41 Å². The number of unbranched alkanes of at least 4 members (excludes halogenated alkanes) is 4. The molecular formula is C16H33NO. The van der Waals surface area contributed by atoms with Gasteiger partial charge < -0.3 is 10.1 Å². The van der Waals surface area contributed by atoms with Crippen LogP contribution in [0.5, 0.6) is 0 Å². The molecule has 1 fully saturated rings. The van der Waals surface area contributed by atoms with Gasteiger partial charge in [0.1, 0.15) is 0 Å². The molecule has 2 atom stereocenters. The van der Waals surface area contributed by atoms with Crippen LogP contribution < -0.4 is 5.32 Å². The topological polar surface area (TPSA) is 21.3 Å². The fourth-order valence-corrected chi connectivity index (χ4v) is 2.97.